The van der Waals surface area contributed by atoms with E-state index < -0.39 is 0 Å². The highest BCUT2D eigenvalue weighted by molar-refractivity contribution is 5.48. The lowest BCUT2D eigenvalue weighted by molar-refractivity contribution is 0.386. The molecule has 0 fully saturated rings. The lowest BCUT2D eigenvalue weighted by Gasteiger charge is -2.19. The number of halogens is 1. The van der Waals surface area contributed by atoms with E-state index in [1.54, 1.807) is 6.07 Å². The van der Waals surface area contributed by atoms with Gasteiger partial charge in [0, 0.05) is 17.8 Å². The maximum absolute atomic E-state index is 13.4. The minimum atomic E-state index is -0.327. The van der Waals surface area contributed by atoms with Crippen LogP contribution in [-0.2, 0) is 0 Å². The van der Waals surface area contributed by atoms with Crippen molar-refractivity contribution >= 4 is 5.69 Å². The molecule has 86 valence electrons. The van der Waals surface area contributed by atoms with E-state index in [1.165, 1.54) is 19.6 Å². The lowest BCUT2D eigenvalue weighted by Crippen LogP contribution is -2.18. The summed E-state index contributed by atoms with van der Waals surface area (Å²) in [5.74, 6) is -0.0444. The number of benzene rings is 1. The van der Waals surface area contributed by atoms with E-state index in [1.807, 2.05) is 6.07 Å². The predicted molar refractivity (Wildman–Crippen MR) is 63.4 cm³/mol. The quantitative estimate of drug-likeness (QED) is 0.790. The van der Waals surface area contributed by atoms with Crippen LogP contribution >= 0.6 is 0 Å². The number of hydrogen-bond acceptors (Lipinski definition) is 2. The minimum absolute atomic E-state index is 0.282. The fourth-order valence-corrected chi connectivity index (χ4v) is 1.90. The van der Waals surface area contributed by atoms with Gasteiger partial charge in [0.1, 0.15) is 0 Å². The Morgan fingerprint density at radius 1 is 1.44 bits per heavy atom. The fourth-order valence-electron chi connectivity index (χ4n) is 1.90. The molecule has 0 saturated carbocycles. The Labute approximate surface area is 95.1 Å². The van der Waals surface area contributed by atoms with Gasteiger partial charge in [-0.25, -0.2) is 4.39 Å². The van der Waals surface area contributed by atoms with Crippen molar-refractivity contribution in [3.63, 3.8) is 0 Å². The predicted octanol–water partition coefficient (Wildman–Crippen LogP) is 3.35. The highest BCUT2D eigenvalue weighted by Gasteiger charge is 2.09. The Bertz CT molecular complexity index is 390. The summed E-state index contributed by atoms with van der Waals surface area (Å²) in [6.45, 7) is 0. The molecular formula is C13H16FNO. The maximum atomic E-state index is 13.4. The van der Waals surface area contributed by atoms with Crippen LogP contribution in [0.5, 0.6) is 5.75 Å². The molecule has 1 aliphatic carbocycles. The number of nitrogens with one attached hydrogen (secondary N) is 1. The van der Waals surface area contributed by atoms with Gasteiger partial charge in [0.05, 0.1) is 7.11 Å². The molecule has 2 rings (SSSR count). The largest absolute Gasteiger partial charge is 0.494 e. The molecule has 1 aliphatic rings. The number of anilines is 1. The third-order valence-electron chi connectivity index (χ3n) is 2.76. The third-order valence-corrected chi connectivity index (χ3v) is 2.76. The van der Waals surface area contributed by atoms with E-state index in [9.17, 15) is 4.39 Å². The second-order valence-corrected chi connectivity index (χ2v) is 3.96. The first-order valence-electron chi connectivity index (χ1n) is 5.56. The Hall–Kier alpha value is -1.51. The van der Waals surface area contributed by atoms with Crippen molar-refractivity contribution in [3.05, 3.63) is 36.2 Å². The molecule has 0 amide bonds. The summed E-state index contributed by atoms with van der Waals surface area (Å²) in [7, 11) is 1.47. The highest BCUT2D eigenvalue weighted by atomic mass is 19.1. The Balaban J connectivity index is 2.06. The van der Waals surface area contributed by atoms with Crippen molar-refractivity contribution in [2.24, 2.45) is 0 Å². The Morgan fingerprint density at radius 2 is 2.31 bits per heavy atom. The standard InChI is InChI=1S/C13H16FNO/c1-16-13-8-7-11(9-12(13)14)15-10-5-3-2-4-6-10/h3,5,7-10,15H,2,4,6H2,1H3. The van der Waals surface area contributed by atoms with Crippen molar-refractivity contribution in [1.82, 2.24) is 0 Å². The number of allylic oxidation sites excluding steroid dienone is 1. The first-order valence-corrected chi connectivity index (χ1v) is 5.56. The molecule has 0 aliphatic heterocycles. The van der Waals surface area contributed by atoms with Crippen LogP contribution in [-0.4, -0.2) is 13.2 Å². The summed E-state index contributed by atoms with van der Waals surface area (Å²) >= 11 is 0. The molecule has 1 unspecified atom stereocenters. The summed E-state index contributed by atoms with van der Waals surface area (Å²) in [5, 5.41) is 3.29. The third kappa shape index (κ3) is 2.54. The van der Waals surface area contributed by atoms with Gasteiger partial charge in [-0.1, -0.05) is 12.2 Å². The number of rotatable bonds is 3. The molecule has 16 heavy (non-hydrogen) atoms. The Morgan fingerprint density at radius 3 is 2.94 bits per heavy atom. The smallest absolute Gasteiger partial charge is 0.167 e. The number of ether oxygens (including phenoxy) is 1. The number of methoxy groups -OCH3 is 1. The fraction of sp³-hybridized carbons (Fsp3) is 0.385. The maximum Gasteiger partial charge on any atom is 0.167 e. The normalized spacial score (nSPS) is 19.5. The van der Waals surface area contributed by atoms with Crippen molar-refractivity contribution in [1.29, 1.82) is 0 Å². The average molecular weight is 221 g/mol. The van der Waals surface area contributed by atoms with Gasteiger partial charge in [-0.15, -0.1) is 0 Å². The zero-order valence-corrected chi connectivity index (χ0v) is 9.37. The second kappa shape index (κ2) is 5.01. The minimum Gasteiger partial charge on any atom is -0.494 e. The molecule has 0 bridgehead atoms. The van der Waals surface area contributed by atoms with Crippen molar-refractivity contribution < 1.29 is 9.13 Å². The zero-order valence-electron chi connectivity index (χ0n) is 9.37. The van der Waals surface area contributed by atoms with Crippen LogP contribution < -0.4 is 10.1 Å². The first kappa shape index (κ1) is 11.0. The van der Waals surface area contributed by atoms with Crippen molar-refractivity contribution in [3.8, 4) is 5.75 Å². The number of hydrogen-bond donors (Lipinski definition) is 1. The van der Waals surface area contributed by atoms with Crippen molar-refractivity contribution in [2.45, 2.75) is 25.3 Å². The van der Waals surface area contributed by atoms with Gasteiger partial charge in [0.25, 0.3) is 0 Å². The summed E-state index contributed by atoms with van der Waals surface area (Å²) in [6.07, 6.45) is 7.75. The van der Waals surface area contributed by atoms with E-state index in [2.05, 4.69) is 17.5 Å². The van der Waals surface area contributed by atoms with E-state index in [0.717, 1.165) is 18.5 Å². The van der Waals surface area contributed by atoms with Crippen LogP contribution in [0.1, 0.15) is 19.3 Å². The topological polar surface area (TPSA) is 21.3 Å². The van der Waals surface area contributed by atoms with Gasteiger partial charge < -0.3 is 10.1 Å². The van der Waals surface area contributed by atoms with E-state index >= 15 is 0 Å². The summed E-state index contributed by atoms with van der Waals surface area (Å²) in [5.41, 5.74) is 0.801. The second-order valence-electron chi connectivity index (χ2n) is 3.96. The molecule has 0 spiro atoms. The summed E-state index contributed by atoms with van der Waals surface area (Å²) in [4.78, 5) is 0. The molecule has 0 aromatic heterocycles. The van der Waals surface area contributed by atoms with Gasteiger partial charge in [0.2, 0.25) is 0 Å². The highest BCUT2D eigenvalue weighted by Crippen LogP contribution is 2.22. The zero-order chi connectivity index (χ0) is 11.4. The molecule has 0 saturated heterocycles. The van der Waals surface area contributed by atoms with Gasteiger partial charge in [-0.05, 0) is 31.4 Å². The monoisotopic (exact) mass is 221 g/mol. The molecular weight excluding hydrogens is 205 g/mol. The van der Waals surface area contributed by atoms with Crippen LogP contribution in [0.25, 0.3) is 0 Å². The lowest BCUT2D eigenvalue weighted by atomic mass is 10.0. The summed E-state index contributed by atoms with van der Waals surface area (Å²) in [6, 6.07) is 5.28. The molecule has 1 aromatic carbocycles. The van der Waals surface area contributed by atoms with Crippen molar-refractivity contribution in [2.75, 3.05) is 12.4 Å². The van der Waals surface area contributed by atoms with Crippen LogP contribution in [0.2, 0.25) is 0 Å². The molecule has 2 nitrogen and oxygen atoms in total. The van der Waals surface area contributed by atoms with Crippen LogP contribution in [0.15, 0.2) is 30.4 Å². The van der Waals surface area contributed by atoms with Crippen LogP contribution in [0, 0.1) is 5.82 Å². The van der Waals surface area contributed by atoms with E-state index in [4.69, 9.17) is 4.74 Å². The van der Waals surface area contributed by atoms with Gasteiger partial charge in [-0.2, -0.15) is 0 Å². The molecule has 0 radical (unpaired) electrons. The van der Waals surface area contributed by atoms with Gasteiger partial charge >= 0.3 is 0 Å². The molecule has 0 heterocycles. The SMILES string of the molecule is COc1ccc(NC2C=CCCC2)cc1F. The van der Waals surface area contributed by atoms with E-state index in [0.29, 0.717) is 6.04 Å². The first-order chi connectivity index (χ1) is 7.79. The summed E-state index contributed by atoms with van der Waals surface area (Å²) < 4.78 is 18.3. The van der Waals surface area contributed by atoms with Gasteiger partial charge in [0.15, 0.2) is 11.6 Å². The van der Waals surface area contributed by atoms with Gasteiger partial charge in [-0.3, -0.25) is 0 Å². The average Bonchev–Trinajstić information content (AvgIpc) is 2.31. The van der Waals surface area contributed by atoms with Crippen LogP contribution in [0.3, 0.4) is 0 Å². The Kier molecular flexibility index (Phi) is 3.44. The molecule has 1 aromatic rings. The van der Waals surface area contributed by atoms with Crippen LogP contribution in [0.4, 0.5) is 10.1 Å². The van der Waals surface area contributed by atoms with E-state index in [-0.39, 0.29) is 11.6 Å². The molecule has 1 N–H and O–H groups in total. The molecule has 3 heteroatoms. The molecule has 1 atom stereocenters.